The molecule has 41 heavy (non-hydrogen) atoms. The summed E-state index contributed by atoms with van der Waals surface area (Å²) in [5.41, 5.74) is 5.80. The minimum atomic E-state index is -0.180. The molecular weight excluding hydrogens is 506 g/mol. The fourth-order valence-electron chi connectivity index (χ4n) is 5.08. The SMILES string of the molecule is C=C/C(NC(=O)c1ccc(Nc2nc(-c3ccccc3)c3ccccc3n2)cc1)=C(C)\C=C/CCN1CCCCC1. The van der Waals surface area contributed by atoms with Gasteiger partial charge in [0.05, 0.1) is 11.2 Å². The van der Waals surface area contributed by atoms with E-state index in [9.17, 15) is 4.79 Å². The van der Waals surface area contributed by atoms with Crippen LogP contribution >= 0.6 is 0 Å². The topological polar surface area (TPSA) is 70.1 Å². The van der Waals surface area contributed by atoms with E-state index in [-0.39, 0.29) is 5.91 Å². The first-order chi connectivity index (χ1) is 20.1. The van der Waals surface area contributed by atoms with Crippen LogP contribution in [0.15, 0.2) is 115 Å². The highest BCUT2D eigenvalue weighted by Gasteiger charge is 2.12. The number of nitrogens with one attached hydrogen (secondary N) is 2. The first-order valence-corrected chi connectivity index (χ1v) is 14.3. The van der Waals surface area contributed by atoms with Crippen molar-refractivity contribution in [2.24, 2.45) is 0 Å². The second-order valence-electron chi connectivity index (χ2n) is 10.3. The molecule has 208 valence electrons. The minimum Gasteiger partial charge on any atom is -0.324 e. The van der Waals surface area contributed by atoms with Gasteiger partial charge >= 0.3 is 0 Å². The number of likely N-dealkylation sites (tertiary alicyclic amines) is 1. The first kappa shape index (κ1) is 28.0. The lowest BCUT2D eigenvalue weighted by Crippen LogP contribution is -2.30. The molecule has 0 spiro atoms. The van der Waals surface area contributed by atoms with Crippen LogP contribution in [-0.4, -0.2) is 40.4 Å². The third-order valence-electron chi connectivity index (χ3n) is 7.36. The number of rotatable bonds is 10. The smallest absolute Gasteiger partial charge is 0.255 e. The predicted octanol–water partition coefficient (Wildman–Crippen LogP) is 7.66. The number of aromatic nitrogens is 2. The quantitative estimate of drug-likeness (QED) is 0.201. The largest absolute Gasteiger partial charge is 0.324 e. The Labute approximate surface area is 242 Å². The molecule has 0 atom stereocenters. The molecule has 1 saturated heterocycles. The van der Waals surface area contributed by atoms with Crippen LogP contribution in [0.5, 0.6) is 0 Å². The summed E-state index contributed by atoms with van der Waals surface area (Å²) in [6.45, 7) is 9.39. The van der Waals surface area contributed by atoms with Crippen LogP contribution in [0.2, 0.25) is 0 Å². The number of hydrogen-bond donors (Lipinski definition) is 2. The average molecular weight is 544 g/mol. The van der Waals surface area contributed by atoms with Crippen LogP contribution in [0.4, 0.5) is 11.6 Å². The van der Waals surface area contributed by atoms with Crippen molar-refractivity contribution in [2.45, 2.75) is 32.6 Å². The van der Waals surface area contributed by atoms with Gasteiger partial charge < -0.3 is 15.5 Å². The second kappa shape index (κ2) is 13.7. The summed E-state index contributed by atoms with van der Waals surface area (Å²) in [5, 5.41) is 7.30. The van der Waals surface area contributed by atoms with E-state index in [0.29, 0.717) is 17.2 Å². The summed E-state index contributed by atoms with van der Waals surface area (Å²) < 4.78 is 0. The van der Waals surface area contributed by atoms with Gasteiger partial charge in [0.1, 0.15) is 0 Å². The Kier molecular flexibility index (Phi) is 9.34. The molecule has 0 saturated carbocycles. The molecule has 0 radical (unpaired) electrons. The Morgan fingerprint density at radius 2 is 1.66 bits per heavy atom. The fourth-order valence-corrected chi connectivity index (χ4v) is 5.08. The van der Waals surface area contributed by atoms with Crippen molar-refractivity contribution < 1.29 is 4.79 Å². The average Bonchev–Trinajstić information content (AvgIpc) is 3.02. The molecule has 5 rings (SSSR count). The standard InChI is InChI=1S/C35H37N5O/c1-3-31(26(2)14-10-13-25-40-23-11-5-12-24-40)37-34(41)28-19-21-29(22-20-28)36-35-38-32-18-9-8-17-30(32)33(39-35)27-15-6-4-7-16-27/h3-4,6-10,14-22H,1,5,11-13,23-25H2,2H3,(H,37,41)(H,36,38,39)/b14-10-,31-26+. The highest BCUT2D eigenvalue weighted by Crippen LogP contribution is 2.28. The maximum absolute atomic E-state index is 13.0. The molecule has 0 unspecified atom stereocenters. The Bertz CT molecular complexity index is 1550. The molecule has 1 fully saturated rings. The molecular formula is C35H37N5O. The maximum Gasteiger partial charge on any atom is 0.255 e. The molecule has 0 aliphatic carbocycles. The van der Waals surface area contributed by atoms with Crippen LogP contribution in [0.3, 0.4) is 0 Å². The number of hydrogen-bond acceptors (Lipinski definition) is 5. The van der Waals surface area contributed by atoms with Gasteiger partial charge in [0, 0.05) is 34.4 Å². The van der Waals surface area contributed by atoms with Gasteiger partial charge in [0.2, 0.25) is 5.95 Å². The molecule has 1 aromatic heterocycles. The molecule has 1 aliphatic rings. The van der Waals surface area contributed by atoms with Crippen molar-refractivity contribution in [1.29, 1.82) is 0 Å². The Morgan fingerprint density at radius 1 is 0.927 bits per heavy atom. The third kappa shape index (κ3) is 7.35. The zero-order valence-corrected chi connectivity index (χ0v) is 23.6. The van der Waals surface area contributed by atoms with Gasteiger partial charge in [-0.1, -0.05) is 73.7 Å². The van der Waals surface area contributed by atoms with Crippen LogP contribution in [0, 0.1) is 0 Å². The van der Waals surface area contributed by atoms with Crippen LogP contribution < -0.4 is 10.6 Å². The van der Waals surface area contributed by atoms with Crippen molar-refractivity contribution in [1.82, 2.24) is 20.2 Å². The molecule has 3 aromatic carbocycles. The Hall–Kier alpha value is -4.55. The number of carbonyl (C=O) groups excluding carboxylic acids is 1. The molecule has 6 heteroatoms. The summed E-state index contributed by atoms with van der Waals surface area (Å²) in [6.07, 6.45) is 10.9. The third-order valence-corrected chi connectivity index (χ3v) is 7.36. The van der Waals surface area contributed by atoms with Gasteiger partial charge in [-0.05, 0) is 81.3 Å². The minimum absolute atomic E-state index is 0.180. The van der Waals surface area contributed by atoms with Gasteiger partial charge in [-0.25, -0.2) is 9.97 Å². The number of para-hydroxylation sites is 1. The van der Waals surface area contributed by atoms with E-state index in [2.05, 4.69) is 34.3 Å². The van der Waals surface area contributed by atoms with E-state index in [1.807, 2.05) is 73.7 Å². The van der Waals surface area contributed by atoms with Gasteiger partial charge in [0.25, 0.3) is 5.91 Å². The normalized spacial score (nSPS) is 14.6. The van der Waals surface area contributed by atoms with E-state index < -0.39 is 0 Å². The van der Waals surface area contributed by atoms with Crippen molar-refractivity contribution in [2.75, 3.05) is 25.0 Å². The van der Waals surface area contributed by atoms with E-state index in [0.717, 1.165) is 46.4 Å². The first-order valence-electron chi connectivity index (χ1n) is 14.3. The molecule has 1 amide bonds. The van der Waals surface area contributed by atoms with Crippen LogP contribution in [0.25, 0.3) is 22.2 Å². The lowest BCUT2D eigenvalue weighted by atomic mass is 10.1. The molecule has 1 aliphatic heterocycles. The highest BCUT2D eigenvalue weighted by atomic mass is 16.1. The zero-order chi connectivity index (χ0) is 28.4. The maximum atomic E-state index is 13.0. The number of allylic oxidation sites excluding steroid dienone is 3. The second-order valence-corrected chi connectivity index (χ2v) is 10.3. The van der Waals surface area contributed by atoms with Crippen LogP contribution in [0.1, 0.15) is 43.0 Å². The van der Waals surface area contributed by atoms with Gasteiger partial charge in [-0.3, -0.25) is 4.79 Å². The van der Waals surface area contributed by atoms with Gasteiger partial charge in [0.15, 0.2) is 0 Å². The van der Waals surface area contributed by atoms with Gasteiger partial charge in [-0.2, -0.15) is 0 Å². The number of anilines is 2. The van der Waals surface area contributed by atoms with Crippen molar-refractivity contribution in [3.05, 3.63) is 121 Å². The molecule has 6 nitrogen and oxygen atoms in total. The number of amides is 1. The van der Waals surface area contributed by atoms with Crippen molar-refractivity contribution in [3.8, 4) is 11.3 Å². The Balaban J connectivity index is 1.24. The number of benzene rings is 3. The number of fused-ring (bicyclic) bond motifs is 1. The highest BCUT2D eigenvalue weighted by molar-refractivity contribution is 5.96. The number of carbonyl (C=O) groups is 1. The predicted molar refractivity (Wildman–Crippen MR) is 169 cm³/mol. The lowest BCUT2D eigenvalue weighted by Gasteiger charge is -2.25. The van der Waals surface area contributed by atoms with E-state index >= 15 is 0 Å². The van der Waals surface area contributed by atoms with Gasteiger partial charge in [-0.15, -0.1) is 0 Å². The monoisotopic (exact) mass is 543 g/mol. The van der Waals surface area contributed by atoms with E-state index in [4.69, 9.17) is 9.97 Å². The van der Waals surface area contributed by atoms with Crippen LogP contribution in [-0.2, 0) is 0 Å². The summed E-state index contributed by atoms with van der Waals surface area (Å²) in [4.78, 5) is 25.1. The van der Waals surface area contributed by atoms with E-state index in [1.165, 1.54) is 32.4 Å². The van der Waals surface area contributed by atoms with Crippen molar-refractivity contribution in [3.63, 3.8) is 0 Å². The van der Waals surface area contributed by atoms with E-state index in [1.54, 1.807) is 18.2 Å². The van der Waals surface area contributed by atoms with Crippen molar-refractivity contribution >= 4 is 28.4 Å². The summed E-state index contributed by atoms with van der Waals surface area (Å²) in [6, 6.07) is 25.4. The zero-order valence-electron chi connectivity index (χ0n) is 23.6. The molecule has 0 bridgehead atoms. The summed E-state index contributed by atoms with van der Waals surface area (Å²) >= 11 is 0. The number of nitrogens with zero attached hydrogens (tertiary/aromatic N) is 3. The molecule has 2 N–H and O–H groups in total. The summed E-state index contributed by atoms with van der Waals surface area (Å²) in [5.74, 6) is 0.320. The lowest BCUT2D eigenvalue weighted by molar-refractivity contribution is 0.0967. The fraction of sp³-hybridized carbons (Fsp3) is 0.229. The summed E-state index contributed by atoms with van der Waals surface area (Å²) in [7, 11) is 0. The number of piperidine rings is 1. The molecule has 4 aromatic rings. The molecule has 2 heterocycles. The Morgan fingerprint density at radius 3 is 2.41 bits per heavy atom.